The molecule has 1 aliphatic rings. The standard InChI is InChI=1S/C15H19F2NO2S/c1-15(20,8-21-2)7-18-14(19)12-6-10(12)11-5-9(16)3-4-13(11)17/h3-5,10,12,20H,6-8H2,1-2H3,(H,18,19). The predicted octanol–water partition coefficient (Wildman–Crippen LogP) is 2.30. The number of carbonyl (C=O) groups excluding carboxylic acids is 1. The van der Waals surface area contributed by atoms with Gasteiger partial charge in [0.05, 0.1) is 5.60 Å². The van der Waals surface area contributed by atoms with Crippen LogP contribution in [0.4, 0.5) is 8.78 Å². The highest BCUT2D eigenvalue weighted by Crippen LogP contribution is 2.48. The quantitative estimate of drug-likeness (QED) is 0.847. The number of carbonyl (C=O) groups is 1. The minimum atomic E-state index is -0.969. The average molecular weight is 315 g/mol. The van der Waals surface area contributed by atoms with Crippen LogP contribution in [0.1, 0.15) is 24.8 Å². The van der Waals surface area contributed by atoms with E-state index in [0.717, 1.165) is 18.2 Å². The second-order valence-electron chi connectivity index (χ2n) is 5.76. The molecule has 116 valence electrons. The minimum Gasteiger partial charge on any atom is -0.387 e. The number of benzene rings is 1. The maximum atomic E-state index is 13.6. The van der Waals surface area contributed by atoms with Crippen LogP contribution in [0.5, 0.6) is 0 Å². The van der Waals surface area contributed by atoms with Crippen molar-refractivity contribution in [3.8, 4) is 0 Å². The third-order valence-electron chi connectivity index (χ3n) is 3.58. The van der Waals surface area contributed by atoms with E-state index in [-0.39, 0.29) is 29.9 Å². The van der Waals surface area contributed by atoms with E-state index in [1.54, 1.807) is 6.92 Å². The molecule has 1 saturated carbocycles. The van der Waals surface area contributed by atoms with Gasteiger partial charge >= 0.3 is 0 Å². The van der Waals surface area contributed by atoms with Crippen molar-refractivity contribution in [1.82, 2.24) is 5.32 Å². The lowest BCUT2D eigenvalue weighted by Gasteiger charge is -2.22. The first-order valence-corrected chi connectivity index (χ1v) is 8.17. The Kier molecular flexibility index (Phi) is 4.88. The predicted molar refractivity (Wildman–Crippen MR) is 79.2 cm³/mol. The van der Waals surface area contributed by atoms with E-state index >= 15 is 0 Å². The van der Waals surface area contributed by atoms with E-state index < -0.39 is 17.2 Å². The van der Waals surface area contributed by atoms with Crippen molar-refractivity contribution in [2.45, 2.75) is 24.9 Å². The zero-order chi connectivity index (χ0) is 15.6. The summed E-state index contributed by atoms with van der Waals surface area (Å²) < 4.78 is 26.8. The van der Waals surface area contributed by atoms with Crippen LogP contribution in [-0.4, -0.2) is 35.2 Å². The van der Waals surface area contributed by atoms with Crippen LogP contribution in [-0.2, 0) is 4.79 Å². The molecule has 1 aromatic rings. The molecule has 0 radical (unpaired) electrons. The van der Waals surface area contributed by atoms with Crippen molar-refractivity contribution in [3.05, 3.63) is 35.4 Å². The fourth-order valence-corrected chi connectivity index (χ4v) is 3.12. The fraction of sp³-hybridized carbons (Fsp3) is 0.533. The highest BCUT2D eigenvalue weighted by Gasteiger charge is 2.45. The average Bonchev–Trinajstić information content (AvgIpc) is 3.19. The second kappa shape index (κ2) is 6.32. The Hall–Kier alpha value is -1.14. The number of halogens is 2. The molecule has 1 aliphatic carbocycles. The van der Waals surface area contributed by atoms with E-state index in [1.165, 1.54) is 11.8 Å². The Morgan fingerprint density at radius 1 is 1.52 bits per heavy atom. The molecule has 1 fully saturated rings. The minimum absolute atomic E-state index is 0.154. The van der Waals surface area contributed by atoms with Gasteiger partial charge in [-0.2, -0.15) is 11.8 Å². The van der Waals surface area contributed by atoms with Gasteiger partial charge in [0.15, 0.2) is 0 Å². The lowest BCUT2D eigenvalue weighted by Crippen LogP contribution is -2.43. The number of aliphatic hydroxyl groups is 1. The van der Waals surface area contributed by atoms with Crippen LogP contribution >= 0.6 is 11.8 Å². The first kappa shape index (κ1) is 16.2. The molecule has 6 heteroatoms. The molecule has 2 N–H and O–H groups in total. The molecular formula is C15H19F2NO2S. The van der Waals surface area contributed by atoms with Gasteiger partial charge < -0.3 is 10.4 Å². The highest BCUT2D eigenvalue weighted by atomic mass is 32.2. The Bertz CT molecular complexity index is 536. The lowest BCUT2D eigenvalue weighted by molar-refractivity contribution is -0.123. The molecule has 3 atom stereocenters. The van der Waals surface area contributed by atoms with Crippen molar-refractivity contribution < 1.29 is 18.7 Å². The normalized spacial score (nSPS) is 23.5. The Morgan fingerprint density at radius 2 is 2.24 bits per heavy atom. The van der Waals surface area contributed by atoms with E-state index in [2.05, 4.69) is 5.32 Å². The number of amides is 1. The summed E-state index contributed by atoms with van der Waals surface area (Å²) in [4.78, 5) is 12.0. The van der Waals surface area contributed by atoms with Gasteiger partial charge in [-0.1, -0.05) is 0 Å². The monoisotopic (exact) mass is 315 g/mol. The molecule has 0 aliphatic heterocycles. The second-order valence-corrected chi connectivity index (χ2v) is 6.63. The molecule has 0 aromatic heterocycles. The SMILES string of the molecule is CSCC(C)(O)CNC(=O)C1CC1c1cc(F)ccc1F. The summed E-state index contributed by atoms with van der Waals surface area (Å²) >= 11 is 1.49. The van der Waals surface area contributed by atoms with Gasteiger partial charge in [-0.15, -0.1) is 0 Å². The Balaban J connectivity index is 1.91. The summed E-state index contributed by atoms with van der Waals surface area (Å²) in [5.74, 6) is -1.30. The molecule has 3 nitrogen and oxygen atoms in total. The van der Waals surface area contributed by atoms with Crippen LogP contribution in [0.15, 0.2) is 18.2 Å². The van der Waals surface area contributed by atoms with Gasteiger partial charge in [-0.05, 0) is 49.3 Å². The molecule has 1 aromatic carbocycles. The van der Waals surface area contributed by atoms with Gasteiger partial charge in [0.2, 0.25) is 5.91 Å². The van der Waals surface area contributed by atoms with Crippen LogP contribution in [0, 0.1) is 17.6 Å². The smallest absolute Gasteiger partial charge is 0.223 e. The largest absolute Gasteiger partial charge is 0.387 e. The summed E-state index contributed by atoms with van der Waals surface area (Å²) in [5.41, 5.74) is -0.713. The summed E-state index contributed by atoms with van der Waals surface area (Å²) in [6.07, 6.45) is 2.39. The maximum absolute atomic E-state index is 13.6. The zero-order valence-electron chi connectivity index (χ0n) is 12.0. The topological polar surface area (TPSA) is 49.3 Å². The van der Waals surface area contributed by atoms with Gasteiger partial charge in [-0.3, -0.25) is 4.79 Å². The molecule has 0 saturated heterocycles. The van der Waals surface area contributed by atoms with Gasteiger partial charge in [-0.25, -0.2) is 8.78 Å². The van der Waals surface area contributed by atoms with E-state index in [4.69, 9.17) is 0 Å². The van der Waals surface area contributed by atoms with E-state index in [1.807, 2.05) is 6.26 Å². The number of hydrogen-bond acceptors (Lipinski definition) is 3. The third kappa shape index (κ3) is 4.17. The van der Waals surface area contributed by atoms with Crippen molar-refractivity contribution in [3.63, 3.8) is 0 Å². The van der Waals surface area contributed by atoms with Crippen LogP contribution in [0.25, 0.3) is 0 Å². The van der Waals surface area contributed by atoms with E-state index in [9.17, 15) is 18.7 Å². The molecule has 1 amide bonds. The van der Waals surface area contributed by atoms with E-state index in [0.29, 0.717) is 12.2 Å². The Morgan fingerprint density at radius 3 is 2.90 bits per heavy atom. The number of rotatable bonds is 6. The van der Waals surface area contributed by atoms with Crippen LogP contribution in [0.2, 0.25) is 0 Å². The van der Waals surface area contributed by atoms with Gasteiger partial charge in [0.25, 0.3) is 0 Å². The molecule has 2 rings (SSSR count). The zero-order valence-corrected chi connectivity index (χ0v) is 12.8. The summed E-state index contributed by atoms with van der Waals surface area (Å²) in [7, 11) is 0. The number of hydrogen-bond donors (Lipinski definition) is 2. The van der Waals surface area contributed by atoms with Crippen LogP contribution < -0.4 is 5.32 Å². The molecule has 0 heterocycles. The molecular weight excluding hydrogens is 296 g/mol. The summed E-state index contributed by atoms with van der Waals surface area (Å²) in [5, 5.41) is 12.7. The number of thioether (sulfide) groups is 1. The van der Waals surface area contributed by atoms with Gasteiger partial charge in [0.1, 0.15) is 11.6 Å². The van der Waals surface area contributed by atoms with Gasteiger partial charge in [0, 0.05) is 18.2 Å². The van der Waals surface area contributed by atoms with Crippen molar-refractivity contribution >= 4 is 17.7 Å². The first-order chi connectivity index (χ1) is 9.84. The van der Waals surface area contributed by atoms with Crippen molar-refractivity contribution in [2.75, 3.05) is 18.6 Å². The summed E-state index contributed by atoms with van der Waals surface area (Å²) in [6, 6.07) is 3.30. The highest BCUT2D eigenvalue weighted by molar-refractivity contribution is 7.98. The van der Waals surface area contributed by atoms with Crippen molar-refractivity contribution in [1.29, 1.82) is 0 Å². The number of nitrogens with one attached hydrogen (secondary N) is 1. The molecule has 21 heavy (non-hydrogen) atoms. The first-order valence-electron chi connectivity index (χ1n) is 6.78. The van der Waals surface area contributed by atoms with Crippen LogP contribution in [0.3, 0.4) is 0 Å². The van der Waals surface area contributed by atoms with Crippen molar-refractivity contribution in [2.24, 2.45) is 5.92 Å². The fourth-order valence-electron chi connectivity index (χ4n) is 2.40. The molecule has 3 unspecified atom stereocenters. The summed E-state index contributed by atoms with van der Waals surface area (Å²) in [6.45, 7) is 1.81. The molecule has 0 bridgehead atoms. The Labute approximate surface area is 127 Å². The lowest BCUT2D eigenvalue weighted by atomic mass is 10.1. The maximum Gasteiger partial charge on any atom is 0.223 e. The molecule has 0 spiro atoms. The third-order valence-corrected chi connectivity index (χ3v) is 4.49.